The van der Waals surface area contributed by atoms with Gasteiger partial charge in [-0.1, -0.05) is 140 Å². The van der Waals surface area contributed by atoms with Gasteiger partial charge in [-0.05, 0) is 122 Å². The Morgan fingerprint density at radius 3 is 2.14 bits per heavy atom. The van der Waals surface area contributed by atoms with Crippen LogP contribution in [0.15, 0.2) is 188 Å². The maximum atomic E-state index is 2.51. The molecule has 2 aliphatic carbocycles. The van der Waals surface area contributed by atoms with Crippen molar-refractivity contribution in [3.63, 3.8) is 0 Å². The van der Waals surface area contributed by atoms with Crippen LogP contribution in [-0.4, -0.2) is 4.57 Å². The predicted octanol–water partition coefficient (Wildman–Crippen LogP) is 14.8. The SMILES string of the molecule is C1=Cc2c(n(-c3ccc4ccccc4c3)c3ccc(N(c4cccc(-c5ccccc5)c4)c4cccc5c4-c4c6ccccc6cc6cccc-5c46)cc23)CC1. The van der Waals surface area contributed by atoms with Crippen molar-refractivity contribution in [1.82, 2.24) is 4.57 Å². The summed E-state index contributed by atoms with van der Waals surface area (Å²) in [6.07, 6.45) is 6.74. The van der Waals surface area contributed by atoms with Gasteiger partial charge in [0.05, 0.1) is 11.2 Å². The lowest BCUT2D eigenvalue weighted by atomic mass is 9.94. The van der Waals surface area contributed by atoms with Gasteiger partial charge in [0.15, 0.2) is 0 Å². The van der Waals surface area contributed by atoms with Crippen molar-refractivity contribution in [2.75, 3.05) is 4.90 Å². The number of anilines is 3. The topological polar surface area (TPSA) is 8.17 Å². The first-order valence-corrected chi connectivity index (χ1v) is 19.7. The summed E-state index contributed by atoms with van der Waals surface area (Å²) >= 11 is 0. The molecule has 56 heavy (non-hydrogen) atoms. The number of rotatable bonds is 5. The van der Waals surface area contributed by atoms with E-state index in [4.69, 9.17) is 0 Å². The van der Waals surface area contributed by atoms with Crippen molar-refractivity contribution < 1.29 is 0 Å². The van der Waals surface area contributed by atoms with E-state index in [0.29, 0.717) is 0 Å². The van der Waals surface area contributed by atoms with E-state index in [9.17, 15) is 0 Å². The number of aromatic nitrogens is 1. The van der Waals surface area contributed by atoms with E-state index in [-0.39, 0.29) is 0 Å². The number of benzene rings is 9. The van der Waals surface area contributed by atoms with Gasteiger partial charge in [0.1, 0.15) is 0 Å². The van der Waals surface area contributed by atoms with Crippen molar-refractivity contribution >= 4 is 66.4 Å². The first-order chi connectivity index (χ1) is 27.8. The first kappa shape index (κ1) is 31.2. The molecule has 0 fully saturated rings. The third-order valence-electron chi connectivity index (χ3n) is 12.1. The molecule has 10 aromatic rings. The Labute approximate surface area is 325 Å². The molecular weight excluding hydrogens is 677 g/mol. The lowest BCUT2D eigenvalue weighted by Crippen LogP contribution is -2.11. The highest BCUT2D eigenvalue weighted by Gasteiger charge is 2.30. The molecule has 0 aliphatic heterocycles. The second-order valence-electron chi connectivity index (χ2n) is 15.2. The second-order valence-corrected chi connectivity index (χ2v) is 15.2. The van der Waals surface area contributed by atoms with Crippen molar-refractivity contribution in [3.05, 3.63) is 199 Å². The summed E-state index contributed by atoms with van der Waals surface area (Å²) in [6, 6.07) is 67.4. The van der Waals surface area contributed by atoms with Gasteiger partial charge in [-0.2, -0.15) is 0 Å². The monoisotopic (exact) mass is 712 g/mol. The minimum absolute atomic E-state index is 1.01. The molecule has 0 bridgehead atoms. The molecule has 2 aliphatic rings. The maximum Gasteiger partial charge on any atom is 0.0546 e. The summed E-state index contributed by atoms with van der Waals surface area (Å²) in [5, 5.41) is 8.97. The van der Waals surface area contributed by atoms with Crippen LogP contribution in [0.25, 0.3) is 88.4 Å². The summed E-state index contributed by atoms with van der Waals surface area (Å²) in [6.45, 7) is 0. The van der Waals surface area contributed by atoms with Gasteiger partial charge in [0.25, 0.3) is 0 Å². The summed E-state index contributed by atoms with van der Waals surface area (Å²) in [5.74, 6) is 0. The van der Waals surface area contributed by atoms with E-state index in [1.807, 2.05) is 0 Å². The Morgan fingerprint density at radius 1 is 0.464 bits per heavy atom. The molecule has 9 aromatic carbocycles. The first-order valence-electron chi connectivity index (χ1n) is 19.7. The number of hydrogen-bond acceptors (Lipinski definition) is 1. The van der Waals surface area contributed by atoms with E-state index in [2.05, 4.69) is 204 Å². The zero-order valence-electron chi connectivity index (χ0n) is 30.8. The highest BCUT2D eigenvalue weighted by molar-refractivity contribution is 6.26. The molecule has 1 aromatic heterocycles. The molecule has 0 amide bonds. The molecule has 2 heteroatoms. The molecule has 2 nitrogen and oxygen atoms in total. The zero-order valence-corrected chi connectivity index (χ0v) is 30.8. The molecule has 262 valence electrons. The maximum absolute atomic E-state index is 2.51. The molecular formula is C54H36N2. The van der Waals surface area contributed by atoms with Gasteiger partial charge < -0.3 is 9.47 Å². The summed E-state index contributed by atoms with van der Waals surface area (Å²) < 4.78 is 2.51. The highest BCUT2D eigenvalue weighted by atomic mass is 15.1. The van der Waals surface area contributed by atoms with Crippen molar-refractivity contribution in [3.8, 4) is 39.1 Å². The molecule has 0 unspecified atom stereocenters. The van der Waals surface area contributed by atoms with Crippen LogP contribution in [0.3, 0.4) is 0 Å². The fourth-order valence-electron chi connectivity index (χ4n) is 9.66. The smallest absolute Gasteiger partial charge is 0.0546 e. The van der Waals surface area contributed by atoms with Crippen LogP contribution < -0.4 is 4.90 Å². The molecule has 0 N–H and O–H groups in total. The fourth-order valence-corrected chi connectivity index (χ4v) is 9.66. The fraction of sp³-hybridized carbons (Fsp3) is 0.0370. The third kappa shape index (κ3) is 4.63. The zero-order chi connectivity index (χ0) is 36.7. The van der Waals surface area contributed by atoms with E-state index < -0.39 is 0 Å². The number of allylic oxidation sites excluding steroid dienone is 1. The molecule has 0 saturated heterocycles. The van der Waals surface area contributed by atoms with Gasteiger partial charge >= 0.3 is 0 Å². The van der Waals surface area contributed by atoms with E-state index in [1.54, 1.807) is 0 Å². The van der Waals surface area contributed by atoms with Gasteiger partial charge in [0.2, 0.25) is 0 Å². The number of nitrogens with zero attached hydrogens (tertiary/aromatic N) is 2. The molecule has 1 heterocycles. The van der Waals surface area contributed by atoms with Crippen LogP contribution >= 0.6 is 0 Å². The molecule has 0 saturated carbocycles. The summed E-state index contributed by atoms with van der Waals surface area (Å²) in [7, 11) is 0. The molecule has 0 spiro atoms. The highest BCUT2D eigenvalue weighted by Crippen LogP contribution is 2.56. The van der Waals surface area contributed by atoms with Crippen LogP contribution in [0.4, 0.5) is 17.1 Å². The summed E-state index contributed by atoms with van der Waals surface area (Å²) in [5.41, 5.74) is 16.2. The average molecular weight is 713 g/mol. The Kier molecular flexibility index (Phi) is 6.79. The lowest BCUT2D eigenvalue weighted by molar-refractivity contribution is 0.889. The van der Waals surface area contributed by atoms with Gasteiger partial charge in [-0.3, -0.25) is 0 Å². The van der Waals surface area contributed by atoms with Crippen LogP contribution in [0.1, 0.15) is 17.7 Å². The van der Waals surface area contributed by atoms with Crippen molar-refractivity contribution in [2.45, 2.75) is 12.8 Å². The van der Waals surface area contributed by atoms with Crippen LogP contribution in [0.5, 0.6) is 0 Å². The van der Waals surface area contributed by atoms with Gasteiger partial charge in [-0.25, -0.2) is 0 Å². The van der Waals surface area contributed by atoms with Crippen molar-refractivity contribution in [1.29, 1.82) is 0 Å². The average Bonchev–Trinajstić information content (AvgIpc) is 3.78. The van der Waals surface area contributed by atoms with E-state index in [1.165, 1.54) is 99.2 Å². The second kappa shape index (κ2) is 12.2. The van der Waals surface area contributed by atoms with Crippen molar-refractivity contribution in [2.24, 2.45) is 0 Å². The number of hydrogen-bond donors (Lipinski definition) is 0. The minimum atomic E-state index is 1.01. The lowest BCUT2D eigenvalue weighted by Gasteiger charge is -2.29. The summed E-state index contributed by atoms with van der Waals surface area (Å²) in [4.78, 5) is 2.51. The molecule has 0 radical (unpaired) electrons. The normalized spacial score (nSPS) is 12.8. The largest absolute Gasteiger partial charge is 0.313 e. The standard InChI is InChI=1S/C54H36N2/c1-2-13-35(14-3-1)38-18-10-20-41(32-38)55(51-26-12-24-47-46-23-11-19-40-31-39-17-6-7-21-44(39)54(52(40)46)53(47)51)43-29-30-50-48(34-43)45-22-8-9-25-49(45)56(50)42-28-27-36-15-4-5-16-37(36)33-42/h1-8,10-24,26-34H,9,25H2. The Balaban J connectivity index is 1.13. The molecule has 0 atom stereocenters. The van der Waals surface area contributed by atoms with Crippen LogP contribution in [0, 0.1) is 0 Å². The predicted molar refractivity (Wildman–Crippen MR) is 238 cm³/mol. The van der Waals surface area contributed by atoms with E-state index in [0.717, 1.165) is 24.2 Å². The van der Waals surface area contributed by atoms with E-state index >= 15 is 0 Å². The Bertz CT molecular complexity index is 3250. The third-order valence-corrected chi connectivity index (χ3v) is 12.1. The van der Waals surface area contributed by atoms with Crippen LogP contribution in [0.2, 0.25) is 0 Å². The van der Waals surface area contributed by atoms with Crippen LogP contribution in [-0.2, 0) is 6.42 Å². The Morgan fingerprint density at radius 2 is 1.21 bits per heavy atom. The Hall–Kier alpha value is -7.16. The van der Waals surface area contributed by atoms with Gasteiger partial charge in [-0.15, -0.1) is 0 Å². The molecule has 12 rings (SSSR count). The quantitative estimate of drug-likeness (QED) is 0.161. The van der Waals surface area contributed by atoms with Gasteiger partial charge in [0, 0.05) is 44.8 Å². The number of fused-ring (bicyclic) bond motifs is 9. The minimum Gasteiger partial charge on any atom is -0.313 e.